The molecule has 2 bridgehead atoms. The summed E-state index contributed by atoms with van der Waals surface area (Å²) in [7, 11) is 0. The summed E-state index contributed by atoms with van der Waals surface area (Å²) in [6.07, 6.45) is 8.85. The van der Waals surface area contributed by atoms with E-state index in [4.69, 9.17) is 4.74 Å². The van der Waals surface area contributed by atoms with Crippen molar-refractivity contribution in [2.75, 3.05) is 6.54 Å². The van der Waals surface area contributed by atoms with Gasteiger partial charge in [0.25, 0.3) is 0 Å². The number of aromatic nitrogens is 1. The van der Waals surface area contributed by atoms with Crippen molar-refractivity contribution < 1.29 is 4.74 Å². The molecule has 0 spiro atoms. The van der Waals surface area contributed by atoms with Crippen LogP contribution >= 0.6 is 0 Å². The van der Waals surface area contributed by atoms with Gasteiger partial charge in [-0.05, 0) is 50.8 Å². The molecule has 1 aliphatic heterocycles. The minimum absolute atomic E-state index is 0.192. The van der Waals surface area contributed by atoms with Gasteiger partial charge < -0.3 is 10.1 Å². The third-order valence-corrected chi connectivity index (χ3v) is 3.65. The molecule has 1 fully saturated rings. The minimum atomic E-state index is 0.192. The lowest BCUT2D eigenvalue weighted by Crippen LogP contribution is -2.34. The summed E-state index contributed by atoms with van der Waals surface area (Å²) in [5.74, 6) is 1.62. The van der Waals surface area contributed by atoms with Gasteiger partial charge in [0.1, 0.15) is 5.75 Å². The highest BCUT2D eigenvalue weighted by molar-refractivity contribution is 5.72. The molecule has 0 saturated carbocycles. The molecule has 2 atom stereocenters. The maximum atomic E-state index is 5.72. The fourth-order valence-corrected chi connectivity index (χ4v) is 2.92. The summed E-state index contributed by atoms with van der Waals surface area (Å²) in [4.78, 5) is 4.30. The maximum absolute atomic E-state index is 5.72. The molecule has 1 aromatic rings. The second kappa shape index (κ2) is 4.73. The maximum Gasteiger partial charge on any atom is 0.138 e. The molecule has 2 aliphatic rings. The van der Waals surface area contributed by atoms with E-state index in [1.807, 2.05) is 20.0 Å². The number of ether oxygens (including phenoxy) is 1. The van der Waals surface area contributed by atoms with E-state index in [2.05, 4.69) is 22.4 Å². The Morgan fingerprint density at radius 3 is 3.06 bits per heavy atom. The van der Waals surface area contributed by atoms with Crippen LogP contribution in [-0.4, -0.2) is 23.7 Å². The highest BCUT2D eigenvalue weighted by Gasteiger charge is 2.30. The van der Waals surface area contributed by atoms with Gasteiger partial charge in [-0.3, -0.25) is 4.98 Å². The third kappa shape index (κ3) is 2.27. The van der Waals surface area contributed by atoms with Crippen LogP contribution in [0.3, 0.4) is 0 Å². The van der Waals surface area contributed by atoms with Gasteiger partial charge in [-0.25, -0.2) is 0 Å². The molecule has 1 saturated heterocycles. The van der Waals surface area contributed by atoms with Crippen LogP contribution in [0, 0.1) is 5.92 Å². The summed E-state index contributed by atoms with van der Waals surface area (Å²) in [5.41, 5.74) is 2.61. The molecule has 3 rings (SSSR count). The molecule has 1 aliphatic carbocycles. The van der Waals surface area contributed by atoms with E-state index in [-0.39, 0.29) is 6.10 Å². The summed E-state index contributed by atoms with van der Waals surface area (Å²) >= 11 is 0. The van der Waals surface area contributed by atoms with Gasteiger partial charge in [-0.1, -0.05) is 6.08 Å². The molecule has 0 aromatic carbocycles. The average molecular weight is 244 g/mol. The van der Waals surface area contributed by atoms with Gasteiger partial charge in [0, 0.05) is 17.8 Å². The van der Waals surface area contributed by atoms with Crippen molar-refractivity contribution in [3.8, 4) is 5.75 Å². The number of nitrogens with zero attached hydrogens (tertiary/aromatic N) is 1. The predicted octanol–water partition coefficient (Wildman–Crippen LogP) is 2.63. The molecular weight excluding hydrogens is 224 g/mol. The second-order valence-electron chi connectivity index (χ2n) is 5.49. The quantitative estimate of drug-likeness (QED) is 0.887. The number of fused-ring (bicyclic) bond motifs is 2. The lowest BCUT2D eigenvalue weighted by Gasteiger charge is -2.22. The molecule has 0 amide bonds. The van der Waals surface area contributed by atoms with Crippen LogP contribution in [0.5, 0.6) is 5.75 Å². The number of pyridine rings is 1. The van der Waals surface area contributed by atoms with E-state index >= 15 is 0 Å². The summed E-state index contributed by atoms with van der Waals surface area (Å²) in [5, 5.41) is 3.58. The number of allylic oxidation sites excluding steroid dienone is 1. The molecule has 1 aromatic heterocycles. The van der Waals surface area contributed by atoms with Gasteiger partial charge in [0.05, 0.1) is 12.3 Å². The molecule has 96 valence electrons. The minimum Gasteiger partial charge on any atom is -0.489 e. The summed E-state index contributed by atoms with van der Waals surface area (Å²) in [6, 6.07) is 2.63. The van der Waals surface area contributed by atoms with E-state index < -0.39 is 0 Å². The van der Waals surface area contributed by atoms with E-state index in [0.29, 0.717) is 6.04 Å². The Morgan fingerprint density at radius 2 is 2.28 bits per heavy atom. The second-order valence-corrected chi connectivity index (χ2v) is 5.49. The Bertz CT molecular complexity index is 467. The van der Waals surface area contributed by atoms with E-state index in [0.717, 1.165) is 18.2 Å². The van der Waals surface area contributed by atoms with Crippen LogP contribution in [0.1, 0.15) is 32.3 Å². The van der Waals surface area contributed by atoms with Crippen LogP contribution in [-0.2, 0) is 0 Å². The van der Waals surface area contributed by atoms with Gasteiger partial charge in [-0.15, -0.1) is 0 Å². The zero-order valence-electron chi connectivity index (χ0n) is 11.0. The predicted molar refractivity (Wildman–Crippen MR) is 72.5 cm³/mol. The number of hydrogen-bond acceptors (Lipinski definition) is 3. The topological polar surface area (TPSA) is 34.1 Å². The van der Waals surface area contributed by atoms with Crippen molar-refractivity contribution in [1.82, 2.24) is 10.3 Å². The van der Waals surface area contributed by atoms with Gasteiger partial charge in [-0.2, -0.15) is 0 Å². The first-order chi connectivity index (χ1) is 8.72. The number of nitrogens with one attached hydrogen (secondary N) is 1. The Morgan fingerprint density at radius 1 is 1.39 bits per heavy atom. The molecule has 2 unspecified atom stereocenters. The number of rotatable bonds is 3. The monoisotopic (exact) mass is 244 g/mol. The molecule has 3 nitrogen and oxygen atoms in total. The lowest BCUT2D eigenvalue weighted by molar-refractivity contribution is 0.241. The lowest BCUT2D eigenvalue weighted by atomic mass is 9.98. The van der Waals surface area contributed by atoms with Crippen molar-refractivity contribution >= 4 is 5.57 Å². The van der Waals surface area contributed by atoms with Crippen LogP contribution in [0.2, 0.25) is 0 Å². The van der Waals surface area contributed by atoms with Crippen molar-refractivity contribution in [3.63, 3.8) is 0 Å². The van der Waals surface area contributed by atoms with E-state index in [1.165, 1.54) is 24.0 Å². The summed E-state index contributed by atoms with van der Waals surface area (Å²) in [6.45, 7) is 5.21. The average Bonchev–Trinajstić information content (AvgIpc) is 2.64. The van der Waals surface area contributed by atoms with Crippen LogP contribution in [0.4, 0.5) is 0 Å². The Hall–Kier alpha value is -1.35. The Labute approximate surface area is 108 Å². The van der Waals surface area contributed by atoms with Gasteiger partial charge >= 0.3 is 0 Å². The normalized spacial score (nSPS) is 26.3. The standard InChI is InChI=1S/C15H20N2O/c1-10(2)18-13-7-12(8-16-9-13)14-5-11-3-4-17-15(14)6-11/h5,7-11,15,17H,3-4,6H2,1-2H3. The third-order valence-electron chi connectivity index (χ3n) is 3.65. The van der Waals surface area contributed by atoms with Gasteiger partial charge in [0.2, 0.25) is 0 Å². The van der Waals surface area contributed by atoms with Gasteiger partial charge in [0.15, 0.2) is 0 Å². The van der Waals surface area contributed by atoms with Crippen LogP contribution < -0.4 is 10.1 Å². The van der Waals surface area contributed by atoms with E-state index in [9.17, 15) is 0 Å². The van der Waals surface area contributed by atoms with Crippen LogP contribution in [0.25, 0.3) is 5.57 Å². The fraction of sp³-hybridized carbons (Fsp3) is 0.533. The zero-order valence-corrected chi connectivity index (χ0v) is 11.0. The van der Waals surface area contributed by atoms with Crippen molar-refractivity contribution in [1.29, 1.82) is 0 Å². The molecular formula is C15H20N2O. The molecule has 3 heteroatoms. The van der Waals surface area contributed by atoms with Crippen molar-refractivity contribution in [3.05, 3.63) is 30.1 Å². The SMILES string of the molecule is CC(C)Oc1cncc(C2=CC3CCNC2C3)c1. The first-order valence-corrected chi connectivity index (χ1v) is 6.79. The molecule has 1 N–H and O–H groups in total. The highest BCUT2D eigenvalue weighted by atomic mass is 16.5. The molecule has 18 heavy (non-hydrogen) atoms. The Balaban J connectivity index is 1.86. The van der Waals surface area contributed by atoms with Crippen molar-refractivity contribution in [2.45, 2.75) is 38.8 Å². The molecule has 2 heterocycles. The van der Waals surface area contributed by atoms with Crippen LogP contribution in [0.15, 0.2) is 24.5 Å². The zero-order chi connectivity index (χ0) is 12.5. The first kappa shape index (κ1) is 11.7. The largest absolute Gasteiger partial charge is 0.489 e. The number of piperidine rings is 1. The number of hydrogen-bond donors (Lipinski definition) is 1. The first-order valence-electron chi connectivity index (χ1n) is 6.79. The fourth-order valence-electron chi connectivity index (χ4n) is 2.92. The van der Waals surface area contributed by atoms with Crippen molar-refractivity contribution in [2.24, 2.45) is 5.92 Å². The molecule has 0 radical (unpaired) electrons. The highest BCUT2D eigenvalue weighted by Crippen LogP contribution is 2.36. The van der Waals surface area contributed by atoms with E-state index in [1.54, 1.807) is 6.20 Å². The Kier molecular flexibility index (Phi) is 3.08. The smallest absolute Gasteiger partial charge is 0.138 e. The summed E-state index contributed by atoms with van der Waals surface area (Å²) < 4.78 is 5.72.